The third-order valence-electron chi connectivity index (χ3n) is 1.38. The number of anilines is 1. The Hall–Kier alpha value is 0.236. The predicted octanol–water partition coefficient (Wildman–Crippen LogP) is -2.38. The molecular weight excluding hydrogens is 233 g/mol. The number of amides is 1. The Labute approximate surface area is 126 Å². The van der Waals surface area contributed by atoms with Crippen LogP contribution in [0.1, 0.15) is 1.43 Å². The fourth-order valence-corrected chi connectivity index (χ4v) is 1.27. The van der Waals surface area contributed by atoms with Gasteiger partial charge < -0.3 is 6.74 Å². The molecule has 0 fully saturated rings. The quantitative estimate of drug-likeness (QED) is 0.352. The molecule has 0 spiro atoms. The molecule has 0 aromatic heterocycles. The Balaban J connectivity index is 0. The zero-order valence-corrected chi connectivity index (χ0v) is 11.4. The van der Waals surface area contributed by atoms with Crippen molar-refractivity contribution in [1.82, 2.24) is 0 Å². The van der Waals surface area contributed by atoms with Gasteiger partial charge in [0.25, 0.3) is 10.1 Å². The average molecular weight is 241 g/mol. The van der Waals surface area contributed by atoms with Gasteiger partial charge in [-0.05, 0) is 24.3 Å². The van der Waals surface area contributed by atoms with Crippen LogP contribution in [0.5, 0.6) is 0 Å². The van der Waals surface area contributed by atoms with Gasteiger partial charge in [-0.15, -0.1) is 0 Å². The first kappa shape index (κ1) is 14.2. The molecule has 0 bridgehead atoms. The van der Waals surface area contributed by atoms with Crippen molar-refractivity contribution in [2.75, 3.05) is 5.32 Å². The zero-order chi connectivity index (χ0) is 9.90. The molecule has 1 rings (SSSR count). The Morgan fingerprint density at radius 3 is 2.14 bits per heavy atom. The first-order valence-electron chi connectivity index (χ1n) is 3.32. The van der Waals surface area contributed by atoms with Crippen molar-refractivity contribution >= 4 is 22.2 Å². The normalized spacial score (nSPS) is 10.1. The molecule has 0 saturated carbocycles. The molecule has 14 heavy (non-hydrogen) atoms. The van der Waals surface area contributed by atoms with Crippen LogP contribution in [-0.4, -0.2) is 19.4 Å². The van der Waals surface area contributed by atoms with Gasteiger partial charge in [-0.1, -0.05) is 0 Å². The van der Waals surface area contributed by atoms with Crippen LogP contribution < -0.4 is 56.7 Å². The number of carbonyl (C=O) groups excluding carboxylic acids is 1. The molecule has 0 atom stereocenters. The summed E-state index contributed by atoms with van der Waals surface area (Å²) in [6.45, 7) is 0. The second-order valence-electron chi connectivity index (χ2n) is 2.26. The van der Waals surface area contributed by atoms with Crippen molar-refractivity contribution in [2.45, 2.75) is 4.90 Å². The van der Waals surface area contributed by atoms with E-state index in [9.17, 15) is 13.2 Å². The van der Waals surface area contributed by atoms with Gasteiger partial charge in [-0.3, -0.25) is 9.35 Å². The minimum absolute atomic E-state index is 0. The molecule has 1 aromatic rings. The van der Waals surface area contributed by atoms with Crippen LogP contribution in [0, 0.1) is 0 Å². The van der Waals surface area contributed by atoms with E-state index in [4.69, 9.17) is 4.55 Å². The Kier molecular flexibility index (Phi) is 6.06. The molecule has 0 aliphatic carbocycles. The van der Waals surface area contributed by atoms with Crippen LogP contribution in [0.2, 0.25) is 0 Å². The third-order valence-corrected chi connectivity index (χ3v) is 2.25. The van der Waals surface area contributed by atoms with E-state index in [1.165, 1.54) is 24.3 Å². The largest absolute Gasteiger partial charge is 1.00 e. The Morgan fingerprint density at radius 1 is 1.29 bits per heavy atom. The summed E-state index contributed by atoms with van der Waals surface area (Å²) in [6, 6.07) is 5.14. The number of benzene rings is 1. The van der Waals surface area contributed by atoms with Crippen molar-refractivity contribution in [2.24, 2.45) is 0 Å². The molecule has 72 valence electrons. The van der Waals surface area contributed by atoms with E-state index in [0.717, 1.165) is 0 Å². The molecule has 7 heteroatoms. The van der Waals surface area contributed by atoms with Crippen LogP contribution >= 0.6 is 0 Å². The maximum atomic E-state index is 10.6. The molecule has 0 aliphatic rings. The minimum Gasteiger partial charge on any atom is -1.00 e. The average Bonchev–Trinajstić information content (AvgIpc) is 2.04. The van der Waals surface area contributed by atoms with Gasteiger partial charge in [0.1, 0.15) is 0 Å². The maximum absolute atomic E-state index is 10.6. The van der Waals surface area contributed by atoms with E-state index in [1.54, 1.807) is 0 Å². The van der Waals surface area contributed by atoms with Gasteiger partial charge in [0.2, 0.25) is 6.41 Å². The monoisotopic (exact) mass is 241 g/mol. The summed E-state index contributed by atoms with van der Waals surface area (Å²) in [5.74, 6) is 0. The van der Waals surface area contributed by atoms with Gasteiger partial charge in [-0.2, -0.15) is 8.42 Å². The summed E-state index contributed by atoms with van der Waals surface area (Å²) in [5.41, 5.74) is 0.461. The molecule has 1 aromatic carbocycles. The van der Waals surface area contributed by atoms with E-state index in [1.807, 2.05) is 0 Å². The summed E-state index contributed by atoms with van der Waals surface area (Å²) >= 11 is 0. The number of hydrogen-bond donors (Lipinski definition) is 2. The number of nitrogens with one attached hydrogen (secondary N) is 1. The van der Waals surface area contributed by atoms with Gasteiger partial charge in [-0.25, -0.2) is 0 Å². The molecule has 0 heterocycles. The SMILES string of the molecule is O=CNc1ccc(S(=O)(=O)O)cc1.[H-].[K+]. The number of carbonyl (C=O) groups is 1. The van der Waals surface area contributed by atoms with Crippen LogP contribution in [0.15, 0.2) is 29.2 Å². The summed E-state index contributed by atoms with van der Waals surface area (Å²) in [4.78, 5) is 9.77. The van der Waals surface area contributed by atoms with Crippen LogP contribution in [0.4, 0.5) is 5.69 Å². The van der Waals surface area contributed by atoms with Gasteiger partial charge >= 0.3 is 51.4 Å². The standard InChI is InChI=1S/C7H7NO4S.K.H/c9-5-8-6-1-3-7(4-2-6)13(10,11)12;;/h1-5H,(H,8,9)(H,10,11,12);;/q;+1;-1. The predicted molar refractivity (Wildman–Crippen MR) is 47.1 cm³/mol. The molecule has 0 aliphatic heterocycles. The molecular formula is C7H8KNO4S. The van der Waals surface area contributed by atoms with Crippen molar-refractivity contribution in [3.05, 3.63) is 24.3 Å². The molecule has 1 amide bonds. The summed E-state index contributed by atoms with van der Waals surface area (Å²) < 4.78 is 29.7. The Bertz CT molecular complexity index is 406. The Morgan fingerprint density at radius 2 is 1.79 bits per heavy atom. The molecule has 2 N–H and O–H groups in total. The van der Waals surface area contributed by atoms with E-state index < -0.39 is 10.1 Å². The van der Waals surface area contributed by atoms with Crippen molar-refractivity contribution in [3.63, 3.8) is 0 Å². The second-order valence-corrected chi connectivity index (χ2v) is 3.68. The molecule has 0 radical (unpaired) electrons. The third kappa shape index (κ3) is 4.18. The fourth-order valence-electron chi connectivity index (χ4n) is 0.791. The fraction of sp³-hybridized carbons (Fsp3) is 0. The van der Waals surface area contributed by atoms with Gasteiger partial charge in [0.15, 0.2) is 0 Å². The number of hydrogen-bond acceptors (Lipinski definition) is 3. The smallest absolute Gasteiger partial charge is 1.00 e. The zero-order valence-electron chi connectivity index (χ0n) is 8.47. The first-order chi connectivity index (χ1) is 6.04. The number of rotatable bonds is 3. The molecule has 0 saturated heterocycles. The minimum atomic E-state index is -4.15. The van der Waals surface area contributed by atoms with E-state index in [-0.39, 0.29) is 57.7 Å². The topological polar surface area (TPSA) is 83.5 Å². The first-order valence-corrected chi connectivity index (χ1v) is 4.76. The molecule has 5 nitrogen and oxygen atoms in total. The van der Waals surface area contributed by atoms with Crippen LogP contribution in [0.3, 0.4) is 0 Å². The summed E-state index contributed by atoms with van der Waals surface area (Å²) in [6.07, 6.45) is 0.475. The summed E-state index contributed by atoms with van der Waals surface area (Å²) in [7, 11) is -4.15. The van der Waals surface area contributed by atoms with Crippen molar-refractivity contribution in [1.29, 1.82) is 0 Å². The second kappa shape index (κ2) is 5.96. The van der Waals surface area contributed by atoms with Gasteiger partial charge in [0, 0.05) is 5.69 Å². The van der Waals surface area contributed by atoms with Gasteiger partial charge in [0.05, 0.1) is 4.90 Å². The van der Waals surface area contributed by atoms with E-state index in [0.29, 0.717) is 12.1 Å². The summed E-state index contributed by atoms with van der Waals surface area (Å²) in [5, 5.41) is 2.33. The van der Waals surface area contributed by atoms with E-state index >= 15 is 0 Å². The van der Waals surface area contributed by atoms with E-state index in [2.05, 4.69) is 5.32 Å². The van der Waals surface area contributed by atoms with Crippen molar-refractivity contribution in [3.8, 4) is 0 Å². The van der Waals surface area contributed by atoms with Crippen LogP contribution in [0.25, 0.3) is 0 Å². The van der Waals surface area contributed by atoms with Crippen molar-refractivity contribution < 1.29 is 70.6 Å². The maximum Gasteiger partial charge on any atom is 1.00 e. The molecule has 0 unspecified atom stereocenters. The van der Waals surface area contributed by atoms with Crippen LogP contribution in [-0.2, 0) is 14.9 Å².